The largest absolute Gasteiger partial charge is 0.481 e. The van der Waals surface area contributed by atoms with E-state index in [-0.39, 0.29) is 12.2 Å². The third-order valence-electron chi connectivity index (χ3n) is 0.400. The van der Waals surface area contributed by atoms with E-state index in [4.69, 9.17) is 5.11 Å². The van der Waals surface area contributed by atoms with Gasteiger partial charge in [-0.15, -0.1) is 5.28 Å². The van der Waals surface area contributed by atoms with Crippen molar-refractivity contribution in [3.63, 3.8) is 0 Å². The number of carbonyl (C=O) groups is 2. The average molecular weight is 160 g/mol. The summed E-state index contributed by atoms with van der Waals surface area (Å²) in [5, 5.41) is 9.25. The smallest absolute Gasteiger partial charge is 0.310 e. The Hall–Kier alpha value is -0.328. The maximum absolute atomic E-state index is 9.87. The molecule has 0 unspecified atom stereocenters. The quantitative estimate of drug-likeness (QED) is 0.460. The van der Waals surface area contributed by atoms with Crippen LogP contribution in [0.25, 0.3) is 0 Å². The van der Waals surface area contributed by atoms with Crippen LogP contribution in [0.15, 0.2) is 0 Å². The first-order valence-electron chi connectivity index (χ1n) is 3.25. The summed E-state index contributed by atoms with van der Waals surface area (Å²) in [4.78, 5) is 19.5. The maximum atomic E-state index is 9.87. The van der Waals surface area contributed by atoms with Crippen molar-refractivity contribution in [1.29, 1.82) is 0 Å². The lowest BCUT2D eigenvalue weighted by Crippen LogP contribution is -2.00. The minimum Gasteiger partial charge on any atom is -0.481 e. The van der Waals surface area contributed by atoms with Crippen LogP contribution in [0.1, 0.15) is 20.3 Å². The normalized spacial score (nSPS) is 7.40. The molecule has 0 saturated carbocycles. The highest BCUT2D eigenvalue weighted by atomic mass is 27.0. The van der Waals surface area contributed by atoms with E-state index < -0.39 is 5.97 Å². The molecule has 0 heterocycles. The lowest BCUT2D eigenvalue weighted by Gasteiger charge is -1.80. The number of hydrogen-bond donors (Lipinski definition) is 1. The molecule has 58 valence electrons. The van der Waals surface area contributed by atoms with Crippen LogP contribution >= 0.6 is 0 Å². The fraction of sp³-hybridized carbons (Fsp3) is 0.667. The Balaban J connectivity index is 0. The van der Waals surface area contributed by atoms with Gasteiger partial charge in [0.2, 0.25) is 16.3 Å². The Morgan fingerprint density at radius 2 is 1.80 bits per heavy atom. The molecule has 3 nitrogen and oxygen atoms in total. The molecule has 0 amide bonds. The van der Waals surface area contributed by atoms with Gasteiger partial charge < -0.3 is 5.11 Å². The number of ketones is 1. The fourth-order valence-electron chi connectivity index (χ4n) is 0.213. The molecule has 4 heteroatoms. The second kappa shape index (κ2) is 8.67. The fourth-order valence-corrected chi connectivity index (χ4v) is 0.213. The van der Waals surface area contributed by atoms with Gasteiger partial charge in [0.25, 0.3) is 0 Å². The molecule has 0 rings (SSSR count). The molecule has 0 aromatic heterocycles. The number of Topliss-reactive ketones (excluding diaryl/α,β-unsaturated/α-hetero) is 1. The van der Waals surface area contributed by atoms with E-state index in [1.54, 1.807) is 0 Å². The molecule has 0 aliphatic carbocycles. The molecule has 0 fully saturated rings. The summed E-state index contributed by atoms with van der Waals surface area (Å²) in [7, 11) is 0. The highest BCUT2D eigenvalue weighted by Gasteiger charge is 1.98. The van der Waals surface area contributed by atoms with Crippen LogP contribution < -0.4 is 0 Å². The lowest BCUT2D eigenvalue weighted by atomic mass is 10.3. The van der Waals surface area contributed by atoms with Crippen molar-refractivity contribution in [2.24, 2.45) is 0 Å². The predicted octanol–water partition coefficient (Wildman–Crippen LogP) is 0.108. The van der Waals surface area contributed by atoms with Crippen molar-refractivity contribution in [2.75, 3.05) is 0 Å². The van der Waals surface area contributed by atoms with Crippen LogP contribution in [-0.2, 0) is 9.59 Å². The second-order valence-electron chi connectivity index (χ2n) is 1.98. The maximum Gasteiger partial charge on any atom is 0.310 e. The Labute approximate surface area is 68.8 Å². The molecule has 1 N–H and O–H groups in total. The van der Waals surface area contributed by atoms with Gasteiger partial charge in [-0.1, -0.05) is 6.92 Å². The van der Waals surface area contributed by atoms with E-state index >= 15 is 0 Å². The molecule has 10 heavy (non-hydrogen) atoms. The first kappa shape index (κ1) is 12.4. The molecule has 0 aromatic rings. The van der Waals surface area contributed by atoms with Gasteiger partial charge in [0.15, 0.2) is 0 Å². The summed E-state index contributed by atoms with van der Waals surface area (Å²) in [6.45, 7) is 3.43. The Morgan fingerprint density at radius 3 is 1.80 bits per heavy atom. The lowest BCUT2D eigenvalue weighted by molar-refractivity contribution is -0.139. The van der Waals surface area contributed by atoms with Gasteiger partial charge in [-0.25, -0.2) is 0 Å². The van der Waals surface area contributed by atoms with E-state index in [1.165, 1.54) is 28.5 Å². The first-order valence-corrected chi connectivity index (χ1v) is 4.67. The third kappa shape index (κ3) is 25.3. The number of rotatable bonds is 2. The highest BCUT2D eigenvalue weighted by molar-refractivity contribution is 6.08. The van der Waals surface area contributed by atoms with Gasteiger partial charge >= 0.3 is 5.97 Å². The highest BCUT2D eigenvalue weighted by Crippen LogP contribution is 1.77. The monoisotopic (exact) mass is 160 g/mol. The van der Waals surface area contributed by atoms with Crippen molar-refractivity contribution >= 4 is 28.0 Å². The summed E-state index contributed by atoms with van der Waals surface area (Å²) in [5.74, 6) is -1.37. The number of hydrogen-bond acceptors (Lipinski definition) is 2. The van der Waals surface area contributed by atoms with E-state index in [9.17, 15) is 9.59 Å². The molecule has 0 aliphatic rings. The zero-order valence-electron chi connectivity index (χ0n) is 6.68. The molecule has 0 spiro atoms. The van der Waals surface area contributed by atoms with Crippen LogP contribution in [0.3, 0.4) is 0 Å². The molecule has 0 bridgehead atoms. The van der Waals surface area contributed by atoms with E-state index in [0.717, 1.165) is 0 Å². The van der Waals surface area contributed by atoms with Gasteiger partial charge in [0, 0.05) is 0 Å². The molecule has 0 saturated heterocycles. The van der Waals surface area contributed by atoms with Crippen molar-refractivity contribution in [1.82, 2.24) is 0 Å². The van der Waals surface area contributed by atoms with Crippen LogP contribution in [-0.4, -0.2) is 33.1 Å². The van der Waals surface area contributed by atoms with Crippen LogP contribution in [0.2, 0.25) is 5.28 Å². The summed E-state index contributed by atoms with van der Waals surface area (Å²) in [6.07, 6.45) is -0.361. The molecule has 0 aromatic carbocycles. The van der Waals surface area contributed by atoms with Crippen molar-refractivity contribution in [2.45, 2.75) is 25.6 Å². The van der Waals surface area contributed by atoms with Crippen molar-refractivity contribution in [3.05, 3.63) is 0 Å². The molecule has 0 radical (unpaired) electrons. The number of carboxylic acid groups (broad SMARTS) is 1. The zero-order chi connectivity index (χ0) is 8.57. The van der Waals surface area contributed by atoms with Gasteiger partial charge in [-0.3, -0.25) is 9.59 Å². The van der Waals surface area contributed by atoms with Gasteiger partial charge in [-0.05, 0) is 6.92 Å². The third-order valence-corrected chi connectivity index (χ3v) is 0.400. The molecular formula is C6H13AlO3. The number of carboxylic acids is 1. The first-order chi connectivity index (χ1) is 4.54. The Morgan fingerprint density at radius 1 is 1.50 bits per heavy atom. The second-order valence-corrected chi connectivity index (χ2v) is 3.39. The summed E-state index contributed by atoms with van der Waals surface area (Å²) in [5.41, 5.74) is 0. The minimum atomic E-state index is -1.06. The molecule has 0 atom stereocenters. The molecule has 0 aliphatic heterocycles. The SMILES string of the molecule is CC(=O)CC(=O)O.C[CH2][AlH2]. The van der Waals surface area contributed by atoms with E-state index in [1.807, 2.05) is 0 Å². The van der Waals surface area contributed by atoms with Crippen LogP contribution in [0, 0.1) is 0 Å². The number of aliphatic carboxylic acids is 1. The van der Waals surface area contributed by atoms with Crippen molar-refractivity contribution in [3.8, 4) is 0 Å². The van der Waals surface area contributed by atoms with Crippen molar-refractivity contribution < 1.29 is 14.7 Å². The Kier molecular flexibility index (Phi) is 10.7. The van der Waals surface area contributed by atoms with Crippen LogP contribution in [0.5, 0.6) is 0 Å². The standard InChI is InChI=1S/C4H6O3.C2H5.Al.2H/c1-3(5)2-4(6)7;1-2;;;/h2H2,1H3,(H,6,7);1H2,2H3;;;. The van der Waals surface area contributed by atoms with E-state index in [2.05, 4.69) is 6.92 Å². The molecular weight excluding hydrogens is 147 g/mol. The van der Waals surface area contributed by atoms with Gasteiger partial charge in [0.1, 0.15) is 12.2 Å². The zero-order valence-corrected chi connectivity index (χ0v) is 8.68. The number of carbonyl (C=O) groups excluding carboxylic acids is 1. The minimum absolute atomic E-state index is 0.312. The topological polar surface area (TPSA) is 54.4 Å². The summed E-state index contributed by atoms with van der Waals surface area (Å²) >= 11 is 1.37. The van der Waals surface area contributed by atoms with Crippen LogP contribution in [0.4, 0.5) is 0 Å². The Bertz CT molecular complexity index is 99.6. The van der Waals surface area contributed by atoms with Gasteiger partial charge in [-0.2, -0.15) is 0 Å². The van der Waals surface area contributed by atoms with Gasteiger partial charge in [0.05, 0.1) is 0 Å². The summed E-state index contributed by atoms with van der Waals surface area (Å²) in [6, 6.07) is 0. The predicted molar refractivity (Wildman–Crippen MR) is 42.0 cm³/mol. The van der Waals surface area contributed by atoms with E-state index in [0.29, 0.717) is 0 Å². The summed E-state index contributed by atoms with van der Waals surface area (Å²) < 4.78 is 0. The average Bonchev–Trinajstić information content (AvgIpc) is 1.62.